The maximum absolute atomic E-state index is 6.33. The fraction of sp³-hybridized carbons (Fsp3) is 0.375. The van der Waals surface area contributed by atoms with Crippen LogP contribution >= 0.6 is 22.9 Å². The van der Waals surface area contributed by atoms with Gasteiger partial charge in [0.1, 0.15) is 10.8 Å². The van der Waals surface area contributed by atoms with E-state index >= 15 is 0 Å². The van der Waals surface area contributed by atoms with Crippen LogP contribution in [0.5, 0.6) is 0 Å². The van der Waals surface area contributed by atoms with Crippen LogP contribution in [0.15, 0.2) is 24.4 Å². The van der Waals surface area contributed by atoms with Gasteiger partial charge in [0.2, 0.25) is 0 Å². The summed E-state index contributed by atoms with van der Waals surface area (Å²) >= 11 is 8.09. The summed E-state index contributed by atoms with van der Waals surface area (Å²) in [7, 11) is 0. The molecule has 0 bridgehead atoms. The highest BCUT2D eigenvalue weighted by Gasteiger charge is 2.17. The molecule has 0 saturated carbocycles. The molecule has 3 rings (SSSR count). The largest absolute Gasteiger partial charge is 0.320 e. The lowest BCUT2D eigenvalue weighted by Crippen LogP contribution is -2.05. The molecule has 3 aromatic rings. The fourth-order valence-electron chi connectivity index (χ4n) is 2.49. The number of imidazole rings is 1. The number of nitrogens with zero attached hydrogens (tertiary/aromatic N) is 3. The van der Waals surface area contributed by atoms with E-state index in [1.165, 1.54) is 10.4 Å². The molecule has 3 nitrogen and oxygen atoms in total. The number of halogens is 1. The highest BCUT2D eigenvalue weighted by Crippen LogP contribution is 2.28. The highest BCUT2D eigenvalue weighted by molar-refractivity contribution is 7.11. The standard InChI is InChI=1S/C16H18ClN3S/c1-4-12-8-18-14(21-12)9-20-13-7-5-6-10(2)15(13)19-16(20)11(3)17/h5-8,11H,4,9H2,1-3H3. The van der Waals surface area contributed by atoms with Gasteiger partial charge in [0.25, 0.3) is 0 Å². The summed E-state index contributed by atoms with van der Waals surface area (Å²) in [5.41, 5.74) is 3.34. The van der Waals surface area contributed by atoms with Crippen molar-refractivity contribution in [3.63, 3.8) is 0 Å². The monoisotopic (exact) mass is 319 g/mol. The first-order valence-electron chi connectivity index (χ1n) is 7.13. The van der Waals surface area contributed by atoms with Gasteiger partial charge in [-0.25, -0.2) is 9.97 Å². The average molecular weight is 320 g/mol. The highest BCUT2D eigenvalue weighted by atomic mass is 35.5. The van der Waals surface area contributed by atoms with Crippen molar-refractivity contribution in [1.29, 1.82) is 0 Å². The van der Waals surface area contributed by atoms with Gasteiger partial charge in [0, 0.05) is 11.1 Å². The normalized spacial score (nSPS) is 13.0. The molecule has 5 heteroatoms. The summed E-state index contributed by atoms with van der Waals surface area (Å²) < 4.78 is 2.19. The fourth-order valence-corrected chi connectivity index (χ4v) is 3.51. The van der Waals surface area contributed by atoms with Gasteiger partial charge in [0.05, 0.1) is 23.0 Å². The quantitative estimate of drug-likeness (QED) is 0.652. The molecule has 0 aliphatic carbocycles. The molecule has 0 fully saturated rings. The van der Waals surface area contributed by atoms with Crippen LogP contribution in [0.1, 0.15) is 40.5 Å². The summed E-state index contributed by atoms with van der Waals surface area (Å²) in [4.78, 5) is 10.6. The number of thiazole rings is 1. The summed E-state index contributed by atoms with van der Waals surface area (Å²) in [6.45, 7) is 6.94. The van der Waals surface area contributed by atoms with Gasteiger partial charge in [-0.2, -0.15) is 0 Å². The maximum atomic E-state index is 6.33. The molecular formula is C16H18ClN3S. The van der Waals surface area contributed by atoms with Crippen LogP contribution in [-0.4, -0.2) is 14.5 Å². The molecule has 1 aromatic carbocycles. The van der Waals surface area contributed by atoms with Gasteiger partial charge < -0.3 is 4.57 Å². The van der Waals surface area contributed by atoms with Crippen LogP contribution in [0.4, 0.5) is 0 Å². The summed E-state index contributed by atoms with van der Waals surface area (Å²) in [5, 5.41) is 0.980. The predicted molar refractivity (Wildman–Crippen MR) is 89.3 cm³/mol. The van der Waals surface area contributed by atoms with E-state index in [1.54, 1.807) is 11.3 Å². The molecule has 110 valence electrons. The number of fused-ring (bicyclic) bond motifs is 1. The van der Waals surface area contributed by atoms with Gasteiger partial charge in [-0.15, -0.1) is 22.9 Å². The number of hydrogen-bond donors (Lipinski definition) is 0. The van der Waals surface area contributed by atoms with Crippen molar-refractivity contribution in [1.82, 2.24) is 14.5 Å². The Morgan fingerprint density at radius 1 is 1.38 bits per heavy atom. The number of rotatable bonds is 4. The van der Waals surface area contributed by atoms with Crippen LogP contribution < -0.4 is 0 Å². The van der Waals surface area contributed by atoms with E-state index in [-0.39, 0.29) is 5.38 Å². The Hall–Kier alpha value is -1.39. The molecule has 0 spiro atoms. The van der Waals surface area contributed by atoms with Crippen LogP contribution in [0, 0.1) is 6.92 Å². The van der Waals surface area contributed by atoms with Gasteiger partial charge in [-0.1, -0.05) is 19.1 Å². The first-order valence-corrected chi connectivity index (χ1v) is 8.38. The smallest absolute Gasteiger partial charge is 0.128 e. The second-order valence-electron chi connectivity index (χ2n) is 5.19. The van der Waals surface area contributed by atoms with Gasteiger partial charge in [0.15, 0.2) is 0 Å². The van der Waals surface area contributed by atoms with Crippen LogP contribution in [0.3, 0.4) is 0 Å². The van der Waals surface area contributed by atoms with E-state index in [0.29, 0.717) is 0 Å². The number of aromatic nitrogens is 3. The van der Waals surface area contributed by atoms with Crippen molar-refractivity contribution in [2.45, 2.75) is 39.1 Å². The van der Waals surface area contributed by atoms with Crippen molar-refractivity contribution < 1.29 is 0 Å². The molecule has 0 saturated heterocycles. The van der Waals surface area contributed by atoms with Crippen LogP contribution in [0.2, 0.25) is 0 Å². The lowest BCUT2D eigenvalue weighted by Gasteiger charge is -2.08. The van der Waals surface area contributed by atoms with E-state index in [1.807, 2.05) is 13.1 Å². The number of benzene rings is 1. The Morgan fingerprint density at radius 3 is 2.86 bits per heavy atom. The minimum absolute atomic E-state index is 0.123. The zero-order valence-corrected chi connectivity index (χ0v) is 14.0. The van der Waals surface area contributed by atoms with Crippen molar-refractivity contribution in [2.24, 2.45) is 0 Å². The molecule has 0 N–H and O–H groups in total. The second-order valence-corrected chi connectivity index (χ2v) is 7.04. The van der Waals surface area contributed by atoms with E-state index in [4.69, 9.17) is 16.6 Å². The van der Waals surface area contributed by atoms with Crippen LogP contribution in [0.25, 0.3) is 11.0 Å². The molecule has 0 aliphatic heterocycles. The molecule has 0 amide bonds. The second kappa shape index (κ2) is 5.78. The maximum Gasteiger partial charge on any atom is 0.128 e. The molecule has 21 heavy (non-hydrogen) atoms. The predicted octanol–water partition coefficient (Wildman–Crippen LogP) is 4.71. The summed E-state index contributed by atoms with van der Waals surface area (Å²) in [6.07, 6.45) is 2.99. The van der Waals surface area contributed by atoms with Crippen molar-refractivity contribution in [3.8, 4) is 0 Å². The van der Waals surface area contributed by atoms with E-state index < -0.39 is 0 Å². The number of aryl methyl sites for hydroxylation is 2. The minimum atomic E-state index is -0.123. The molecule has 1 unspecified atom stereocenters. The number of hydrogen-bond acceptors (Lipinski definition) is 3. The van der Waals surface area contributed by atoms with Gasteiger partial charge in [-0.3, -0.25) is 0 Å². The Balaban J connectivity index is 2.11. The molecule has 2 heterocycles. The Labute approximate surface area is 133 Å². The SMILES string of the molecule is CCc1cnc(Cn2c(C(C)Cl)nc3c(C)cccc32)s1. The minimum Gasteiger partial charge on any atom is -0.320 e. The third kappa shape index (κ3) is 2.70. The van der Waals surface area contributed by atoms with Gasteiger partial charge in [-0.05, 0) is 31.9 Å². The summed E-state index contributed by atoms with van der Waals surface area (Å²) in [5.74, 6) is 0.911. The first-order chi connectivity index (χ1) is 10.1. The molecular weight excluding hydrogens is 302 g/mol. The van der Waals surface area contributed by atoms with E-state index in [2.05, 4.69) is 41.6 Å². The Kier molecular flexibility index (Phi) is 4.00. The zero-order valence-electron chi connectivity index (χ0n) is 12.4. The number of para-hydroxylation sites is 1. The van der Waals surface area contributed by atoms with Crippen molar-refractivity contribution in [2.75, 3.05) is 0 Å². The Morgan fingerprint density at radius 2 is 2.19 bits per heavy atom. The third-order valence-corrected chi connectivity index (χ3v) is 4.93. The first kappa shape index (κ1) is 14.5. The zero-order chi connectivity index (χ0) is 15.0. The molecule has 0 radical (unpaired) electrons. The topological polar surface area (TPSA) is 30.7 Å². The van der Waals surface area contributed by atoms with Gasteiger partial charge >= 0.3 is 0 Å². The van der Waals surface area contributed by atoms with Crippen molar-refractivity contribution >= 4 is 34.0 Å². The number of alkyl halides is 1. The third-order valence-electron chi connectivity index (χ3n) is 3.61. The van der Waals surface area contributed by atoms with Crippen LogP contribution in [-0.2, 0) is 13.0 Å². The lowest BCUT2D eigenvalue weighted by atomic mass is 10.2. The average Bonchev–Trinajstić information content (AvgIpc) is 3.05. The summed E-state index contributed by atoms with van der Waals surface area (Å²) in [6, 6.07) is 6.26. The molecule has 0 aliphatic rings. The Bertz CT molecular complexity index is 773. The molecule has 2 aromatic heterocycles. The molecule has 1 atom stereocenters. The van der Waals surface area contributed by atoms with E-state index in [9.17, 15) is 0 Å². The lowest BCUT2D eigenvalue weighted by molar-refractivity contribution is 0.738. The van der Waals surface area contributed by atoms with Crippen molar-refractivity contribution in [3.05, 3.63) is 45.7 Å². The van der Waals surface area contributed by atoms with E-state index in [0.717, 1.165) is 34.8 Å².